The normalized spacial score (nSPS) is 20.0. The second-order valence-electron chi connectivity index (χ2n) is 5.85. The summed E-state index contributed by atoms with van der Waals surface area (Å²) in [6.07, 6.45) is 6.28. The number of nitrogen functional groups attached to an aromatic ring is 1. The zero-order valence-corrected chi connectivity index (χ0v) is 12.0. The lowest BCUT2D eigenvalue weighted by Gasteiger charge is -2.18. The molecular formula is C13H23N7. The number of hydrogen-bond donors (Lipinski definition) is 3. The first-order chi connectivity index (χ1) is 9.74. The molecule has 1 saturated carbocycles. The van der Waals surface area contributed by atoms with Gasteiger partial charge >= 0.3 is 0 Å². The highest BCUT2D eigenvalue weighted by atomic mass is 15.4. The third-order valence-electron chi connectivity index (χ3n) is 3.90. The quantitative estimate of drug-likeness (QED) is 0.534. The summed E-state index contributed by atoms with van der Waals surface area (Å²) in [5.41, 5.74) is 2.53. The van der Waals surface area contributed by atoms with E-state index in [-0.39, 0.29) is 0 Å². The maximum atomic E-state index is 5.46. The Bertz CT molecular complexity index is 454. The summed E-state index contributed by atoms with van der Waals surface area (Å²) in [6.45, 7) is 4.18. The van der Waals surface area contributed by atoms with E-state index in [1.54, 1.807) is 0 Å². The Morgan fingerprint density at radius 2 is 1.90 bits per heavy atom. The molecule has 1 atom stereocenters. The van der Waals surface area contributed by atoms with Crippen molar-refractivity contribution in [2.75, 3.05) is 28.7 Å². The van der Waals surface area contributed by atoms with Crippen LogP contribution in [0.15, 0.2) is 0 Å². The van der Waals surface area contributed by atoms with E-state index in [1.165, 1.54) is 32.1 Å². The Hall–Kier alpha value is -1.63. The first-order valence-electron chi connectivity index (χ1n) is 7.49. The smallest absolute Gasteiger partial charge is 0.243 e. The third-order valence-corrected chi connectivity index (χ3v) is 3.90. The van der Waals surface area contributed by atoms with Gasteiger partial charge in [-0.05, 0) is 32.1 Å². The predicted octanol–water partition coefficient (Wildman–Crippen LogP) is 1.36. The molecule has 20 heavy (non-hydrogen) atoms. The maximum Gasteiger partial charge on any atom is 0.243 e. The molecule has 1 aliphatic carbocycles. The van der Waals surface area contributed by atoms with E-state index in [4.69, 9.17) is 5.84 Å². The minimum absolute atomic E-state index is 0.377. The van der Waals surface area contributed by atoms with Gasteiger partial charge in [0.15, 0.2) is 0 Å². The number of hydrazine groups is 1. The van der Waals surface area contributed by atoms with Crippen molar-refractivity contribution in [1.82, 2.24) is 15.0 Å². The molecule has 0 radical (unpaired) electrons. The van der Waals surface area contributed by atoms with Crippen LogP contribution in [0.1, 0.15) is 39.0 Å². The summed E-state index contributed by atoms with van der Waals surface area (Å²) in [4.78, 5) is 15.3. The molecule has 1 saturated heterocycles. The first kappa shape index (κ1) is 13.4. The summed E-state index contributed by atoms with van der Waals surface area (Å²) >= 11 is 0. The summed E-state index contributed by atoms with van der Waals surface area (Å²) in [5, 5.41) is 3.37. The molecule has 0 bridgehead atoms. The number of nitrogens with zero attached hydrogens (tertiary/aromatic N) is 4. The highest BCUT2D eigenvalue weighted by molar-refractivity contribution is 5.44. The SMILES string of the molecule is CC(CC1CC1)Nc1nc(NN)nc(N2CCCC2)n1. The minimum atomic E-state index is 0.377. The van der Waals surface area contributed by atoms with Crippen molar-refractivity contribution in [1.29, 1.82) is 0 Å². The molecule has 0 spiro atoms. The summed E-state index contributed by atoms with van der Waals surface area (Å²) in [7, 11) is 0. The van der Waals surface area contributed by atoms with Crippen molar-refractivity contribution < 1.29 is 0 Å². The molecule has 7 nitrogen and oxygen atoms in total. The number of rotatable bonds is 6. The fraction of sp³-hybridized carbons (Fsp3) is 0.769. The van der Waals surface area contributed by atoms with E-state index in [0.29, 0.717) is 23.9 Å². The van der Waals surface area contributed by atoms with Crippen LogP contribution in [-0.2, 0) is 0 Å². The van der Waals surface area contributed by atoms with Gasteiger partial charge in [-0.25, -0.2) is 5.84 Å². The molecule has 2 aliphatic rings. The number of nitrogens with one attached hydrogen (secondary N) is 2. The van der Waals surface area contributed by atoms with E-state index in [0.717, 1.165) is 19.0 Å². The van der Waals surface area contributed by atoms with Gasteiger partial charge in [0.1, 0.15) is 0 Å². The molecule has 110 valence electrons. The largest absolute Gasteiger partial charge is 0.352 e. The number of nitrogens with two attached hydrogens (primary N) is 1. The molecule has 1 aromatic rings. The molecule has 2 fully saturated rings. The minimum Gasteiger partial charge on any atom is -0.352 e. The zero-order valence-electron chi connectivity index (χ0n) is 12.0. The van der Waals surface area contributed by atoms with Gasteiger partial charge in [0.2, 0.25) is 17.8 Å². The van der Waals surface area contributed by atoms with Gasteiger partial charge in [-0.2, -0.15) is 15.0 Å². The number of hydrogen-bond acceptors (Lipinski definition) is 7. The summed E-state index contributed by atoms with van der Waals surface area (Å²) in [5.74, 6) is 8.09. The summed E-state index contributed by atoms with van der Waals surface area (Å²) in [6, 6.07) is 0.377. The van der Waals surface area contributed by atoms with Gasteiger partial charge in [-0.15, -0.1) is 0 Å². The van der Waals surface area contributed by atoms with Crippen molar-refractivity contribution in [2.45, 2.75) is 45.1 Å². The van der Waals surface area contributed by atoms with E-state index in [9.17, 15) is 0 Å². The van der Waals surface area contributed by atoms with Gasteiger partial charge < -0.3 is 10.2 Å². The molecule has 1 aliphatic heterocycles. The van der Waals surface area contributed by atoms with Crippen molar-refractivity contribution in [3.05, 3.63) is 0 Å². The van der Waals surface area contributed by atoms with Crippen LogP contribution in [0.5, 0.6) is 0 Å². The lowest BCUT2D eigenvalue weighted by molar-refractivity contribution is 0.636. The van der Waals surface area contributed by atoms with Crippen LogP contribution in [0.2, 0.25) is 0 Å². The Morgan fingerprint density at radius 3 is 2.55 bits per heavy atom. The van der Waals surface area contributed by atoms with Crippen LogP contribution in [0.25, 0.3) is 0 Å². The molecule has 0 amide bonds. The topological polar surface area (TPSA) is 92.0 Å². The van der Waals surface area contributed by atoms with Crippen molar-refractivity contribution >= 4 is 17.8 Å². The molecule has 2 heterocycles. The zero-order chi connectivity index (χ0) is 13.9. The molecule has 0 aromatic carbocycles. The predicted molar refractivity (Wildman–Crippen MR) is 79.5 cm³/mol. The maximum absolute atomic E-state index is 5.46. The van der Waals surface area contributed by atoms with Gasteiger partial charge in [0, 0.05) is 19.1 Å². The van der Waals surface area contributed by atoms with Crippen LogP contribution >= 0.6 is 0 Å². The highest BCUT2D eigenvalue weighted by Gasteiger charge is 2.24. The highest BCUT2D eigenvalue weighted by Crippen LogP contribution is 2.34. The Morgan fingerprint density at radius 1 is 1.20 bits per heavy atom. The van der Waals surface area contributed by atoms with Crippen LogP contribution in [-0.4, -0.2) is 34.1 Å². The lowest BCUT2D eigenvalue weighted by Crippen LogP contribution is -2.25. The fourth-order valence-corrected chi connectivity index (χ4v) is 2.69. The fourth-order valence-electron chi connectivity index (χ4n) is 2.69. The van der Waals surface area contributed by atoms with Gasteiger partial charge in [0.05, 0.1) is 0 Å². The van der Waals surface area contributed by atoms with Crippen molar-refractivity contribution in [3.8, 4) is 0 Å². The van der Waals surface area contributed by atoms with E-state index in [1.807, 2.05) is 0 Å². The van der Waals surface area contributed by atoms with Gasteiger partial charge in [0.25, 0.3) is 0 Å². The average Bonchev–Trinajstić information content (AvgIpc) is 3.08. The van der Waals surface area contributed by atoms with Crippen LogP contribution in [0.3, 0.4) is 0 Å². The van der Waals surface area contributed by atoms with E-state index in [2.05, 4.69) is 37.5 Å². The third kappa shape index (κ3) is 3.27. The summed E-state index contributed by atoms with van der Waals surface area (Å²) < 4.78 is 0. The van der Waals surface area contributed by atoms with Gasteiger partial charge in [-0.1, -0.05) is 12.8 Å². The van der Waals surface area contributed by atoms with Crippen LogP contribution < -0.4 is 21.5 Å². The second kappa shape index (κ2) is 5.78. The number of anilines is 3. The van der Waals surface area contributed by atoms with Crippen molar-refractivity contribution in [3.63, 3.8) is 0 Å². The standard InChI is InChI=1S/C13H23N7/c1-9(8-10-4-5-10)15-11-16-12(19-14)18-13(17-11)20-6-2-3-7-20/h9-10H,2-8,14H2,1H3,(H2,15,16,17,18,19). The van der Waals surface area contributed by atoms with Crippen LogP contribution in [0, 0.1) is 5.92 Å². The molecule has 3 rings (SSSR count). The Balaban J connectivity index is 1.72. The average molecular weight is 277 g/mol. The molecule has 1 aromatic heterocycles. The van der Waals surface area contributed by atoms with E-state index >= 15 is 0 Å². The molecule has 1 unspecified atom stereocenters. The molecular weight excluding hydrogens is 254 g/mol. The van der Waals surface area contributed by atoms with Crippen molar-refractivity contribution in [2.24, 2.45) is 11.8 Å². The number of aromatic nitrogens is 3. The monoisotopic (exact) mass is 277 g/mol. The lowest BCUT2D eigenvalue weighted by atomic mass is 10.2. The Kier molecular flexibility index (Phi) is 3.86. The van der Waals surface area contributed by atoms with Gasteiger partial charge in [-0.3, -0.25) is 5.43 Å². The second-order valence-corrected chi connectivity index (χ2v) is 5.85. The molecule has 7 heteroatoms. The first-order valence-corrected chi connectivity index (χ1v) is 7.49. The van der Waals surface area contributed by atoms with Crippen LogP contribution in [0.4, 0.5) is 17.8 Å². The Labute approximate surface area is 119 Å². The van der Waals surface area contributed by atoms with E-state index < -0.39 is 0 Å². The molecule has 4 N–H and O–H groups in total.